The van der Waals surface area contributed by atoms with E-state index in [-0.39, 0.29) is 30.0 Å². The van der Waals surface area contributed by atoms with E-state index >= 15 is 0 Å². The van der Waals surface area contributed by atoms with Gasteiger partial charge in [-0.2, -0.15) is 0 Å². The maximum Gasteiger partial charge on any atom is 0.261 e. The third-order valence-corrected chi connectivity index (χ3v) is 7.32. The first-order valence-corrected chi connectivity index (χ1v) is 11.8. The minimum absolute atomic E-state index is 0.111. The topological polar surface area (TPSA) is 105 Å². The monoisotopic (exact) mass is 464 g/mol. The summed E-state index contributed by atoms with van der Waals surface area (Å²) < 4.78 is 6.84. The van der Waals surface area contributed by atoms with E-state index in [1.54, 1.807) is 18.2 Å². The smallest absolute Gasteiger partial charge is 0.261 e. The summed E-state index contributed by atoms with van der Waals surface area (Å²) in [6.45, 7) is 0.719. The van der Waals surface area contributed by atoms with E-state index < -0.39 is 24.0 Å². The van der Waals surface area contributed by atoms with E-state index in [2.05, 4.69) is 10.6 Å². The van der Waals surface area contributed by atoms with E-state index in [4.69, 9.17) is 4.74 Å². The summed E-state index contributed by atoms with van der Waals surface area (Å²) in [7, 11) is 0. The van der Waals surface area contributed by atoms with Gasteiger partial charge < -0.3 is 20.5 Å². The van der Waals surface area contributed by atoms with Crippen LogP contribution in [0.4, 0.5) is 0 Å². The second kappa shape index (κ2) is 9.05. The molecule has 0 bridgehead atoms. The number of thiophene rings is 1. The zero-order valence-corrected chi connectivity index (χ0v) is 18.6. The van der Waals surface area contributed by atoms with Crippen molar-refractivity contribution < 1.29 is 24.2 Å². The molecular weight excluding hydrogens is 440 g/mol. The van der Waals surface area contributed by atoms with Crippen molar-refractivity contribution in [3.8, 4) is 5.75 Å². The Morgan fingerprint density at radius 3 is 2.73 bits per heavy atom. The third-order valence-electron chi connectivity index (χ3n) is 6.21. The number of piperidine rings is 1. The summed E-state index contributed by atoms with van der Waals surface area (Å²) in [5.74, 6) is -0.968. The molecule has 7 nitrogen and oxygen atoms in total. The number of aromatic hydroxyl groups is 1. The first-order valence-electron chi connectivity index (χ1n) is 11.0. The zero-order chi connectivity index (χ0) is 22.9. The Kier molecular flexibility index (Phi) is 5.97. The van der Waals surface area contributed by atoms with E-state index in [9.17, 15) is 19.5 Å². The molecule has 4 unspecified atom stereocenters. The van der Waals surface area contributed by atoms with Gasteiger partial charge in [-0.05, 0) is 61.0 Å². The van der Waals surface area contributed by atoms with Gasteiger partial charge in [0.2, 0.25) is 0 Å². The number of ketones is 2. The number of carbonyl (C=O) groups is 3. The van der Waals surface area contributed by atoms with Crippen LogP contribution in [0.25, 0.3) is 10.1 Å². The number of Topliss-reactive ketones (excluding diaryl/α,β-unsaturated/α-hetero) is 2. The van der Waals surface area contributed by atoms with Gasteiger partial charge in [-0.25, -0.2) is 0 Å². The second-order valence-electron chi connectivity index (χ2n) is 8.48. The largest absolute Gasteiger partial charge is 0.508 e. The Bertz CT molecular complexity index is 1170. The minimum Gasteiger partial charge on any atom is -0.508 e. The summed E-state index contributed by atoms with van der Waals surface area (Å²) >= 11 is 1.35. The van der Waals surface area contributed by atoms with Crippen LogP contribution in [0.5, 0.6) is 5.75 Å². The van der Waals surface area contributed by atoms with Crippen molar-refractivity contribution in [3.05, 3.63) is 65.0 Å². The molecule has 3 heterocycles. The number of phenols is 1. The van der Waals surface area contributed by atoms with Crippen molar-refractivity contribution in [3.63, 3.8) is 0 Å². The fraction of sp³-hybridized carbons (Fsp3) is 0.320. The van der Waals surface area contributed by atoms with Crippen LogP contribution in [-0.2, 0) is 20.7 Å². The number of carbonyl (C=O) groups excluding carboxylic acids is 3. The van der Waals surface area contributed by atoms with E-state index in [1.807, 2.05) is 24.3 Å². The number of rotatable bonds is 6. The lowest BCUT2D eigenvalue weighted by Gasteiger charge is -2.23. The molecule has 0 radical (unpaired) electrons. The van der Waals surface area contributed by atoms with Crippen LogP contribution in [0, 0.1) is 0 Å². The number of hydrogen-bond acceptors (Lipinski definition) is 7. The van der Waals surface area contributed by atoms with Crippen LogP contribution >= 0.6 is 11.3 Å². The number of benzene rings is 2. The van der Waals surface area contributed by atoms with Gasteiger partial charge in [-0.15, -0.1) is 11.3 Å². The lowest BCUT2D eigenvalue weighted by molar-refractivity contribution is -0.138. The second-order valence-corrected chi connectivity index (χ2v) is 9.56. The molecule has 1 amide bonds. The van der Waals surface area contributed by atoms with Crippen molar-refractivity contribution in [2.24, 2.45) is 0 Å². The highest BCUT2D eigenvalue weighted by Gasteiger charge is 2.49. The fourth-order valence-electron chi connectivity index (χ4n) is 4.50. The molecule has 1 aromatic heterocycles. The molecule has 5 rings (SSSR count). The first-order chi connectivity index (χ1) is 16.0. The minimum atomic E-state index is -1.20. The molecule has 0 spiro atoms. The van der Waals surface area contributed by atoms with Crippen molar-refractivity contribution >= 4 is 38.9 Å². The van der Waals surface area contributed by atoms with Gasteiger partial charge in [0.25, 0.3) is 5.91 Å². The van der Waals surface area contributed by atoms with Gasteiger partial charge in [0, 0.05) is 4.70 Å². The molecule has 2 aliphatic rings. The number of amides is 1. The number of ether oxygens (including phenoxy) is 1. The van der Waals surface area contributed by atoms with Crippen molar-refractivity contribution in [1.29, 1.82) is 0 Å². The molecule has 33 heavy (non-hydrogen) atoms. The zero-order valence-electron chi connectivity index (χ0n) is 17.8. The Labute approximate surface area is 194 Å². The molecule has 0 aliphatic carbocycles. The normalized spacial score (nSPS) is 23.3. The SMILES string of the molecule is O=C(NC(Cc1ccc(O)cc1)C(=O)C1OC2CCCNC2C1=O)c1cc2ccccc2s1. The Balaban J connectivity index is 1.39. The first kappa shape index (κ1) is 21.8. The highest BCUT2D eigenvalue weighted by Crippen LogP contribution is 2.27. The van der Waals surface area contributed by atoms with Crippen LogP contribution in [0.1, 0.15) is 28.1 Å². The summed E-state index contributed by atoms with van der Waals surface area (Å²) in [5.41, 5.74) is 0.753. The molecule has 2 aliphatic heterocycles. The highest BCUT2D eigenvalue weighted by atomic mass is 32.1. The number of nitrogens with one attached hydrogen (secondary N) is 2. The lowest BCUT2D eigenvalue weighted by atomic mass is 9.94. The number of fused-ring (bicyclic) bond motifs is 2. The molecule has 170 valence electrons. The van der Waals surface area contributed by atoms with Crippen LogP contribution in [0.3, 0.4) is 0 Å². The molecule has 3 N–H and O–H groups in total. The van der Waals surface area contributed by atoms with Gasteiger partial charge in [-0.1, -0.05) is 30.3 Å². The standard InChI is InChI=1S/C25H24N2O5S/c28-16-9-7-14(8-10-16)12-17(22(29)24-23(30)21-18(32-24)5-3-11-26-21)27-25(31)20-13-15-4-1-2-6-19(15)33-20/h1-2,4,6-10,13,17-18,21,24,26,28H,3,5,11-12H2,(H,27,31). The van der Waals surface area contributed by atoms with Gasteiger partial charge in [0.1, 0.15) is 5.75 Å². The Hall–Kier alpha value is -3.07. The third kappa shape index (κ3) is 4.42. The maximum atomic E-state index is 13.5. The maximum absolute atomic E-state index is 13.5. The van der Waals surface area contributed by atoms with Crippen molar-refractivity contribution in [2.75, 3.05) is 6.54 Å². The molecule has 8 heteroatoms. The van der Waals surface area contributed by atoms with Crippen molar-refractivity contribution in [2.45, 2.75) is 43.6 Å². The molecule has 4 atom stereocenters. The van der Waals surface area contributed by atoms with Gasteiger partial charge in [0.15, 0.2) is 17.7 Å². The molecule has 2 saturated heterocycles. The van der Waals surface area contributed by atoms with E-state index in [0.29, 0.717) is 4.88 Å². The van der Waals surface area contributed by atoms with Crippen LogP contribution in [0.15, 0.2) is 54.6 Å². The van der Waals surface area contributed by atoms with Gasteiger partial charge in [-0.3, -0.25) is 14.4 Å². The van der Waals surface area contributed by atoms with E-state index in [1.165, 1.54) is 23.5 Å². The molecule has 3 aromatic rings. The van der Waals surface area contributed by atoms with Crippen LogP contribution < -0.4 is 10.6 Å². The van der Waals surface area contributed by atoms with Crippen LogP contribution in [-0.4, -0.2) is 53.4 Å². The highest BCUT2D eigenvalue weighted by molar-refractivity contribution is 7.20. The van der Waals surface area contributed by atoms with E-state index in [0.717, 1.165) is 35.0 Å². The fourth-order valence-corrected chi connectivity index (χ4v) is 5.46. The lowest BCUT2D eigenvalue weighted by Crippen LogP contribution is -2.50. The average Bonchev–Trinajstić information content (AvgIpc) is 3.41. The summed E-state index contributed by atoms with van der Waals surface area (Å²) in [6, 6.07) is 14.5. The number of phenolic OH excluding ortho intramolecular Hbond substituents is 1. The summed E-state index contributed by atoms with van der Waals surface area (Å²) in [6.07, 6.45) is 0.285. The summed E-state index contributed by atoms with van der Waals surface area (Å²) in [5, 5.41) is 16.5. The number of hydrogen-bond donors (Lipinski definition) is 3. The van der Waals surface area contributed by atoms with Gasteiger partial charge >= 0.3 is 0 Å². The van der Waals surface area contributed by atoms with Crippen LogP contribution in [0.2, 0.25) is 0 Å². The summed E-state index contributed by atoms with van der Waals surface area (Å²) in [4.78, 5) is 40.0. The molecule has 2 aromatic carbocycles. The average molecular weight is 465 g/mol. The molecule has 2 fully saturated rings. The molecular formula is C25H24N2O5S. The quantitative estimate of drug-likeness (QED) is 0.485. The predicted molar refractivity (Wildman–Crippen MR) is 125 cm³/mol. The van der Waals surface area contributed by atoms with Gasteiger partial charge in [0.05, 0.1) is 23.1 Å². The molecule has 0 saturated carbocycles. The Morgan fingerprint density at radius 1 is 1.18 bits per heavy atom. The predicted octanol–water partition coefficient (Wildman–Crippen LogP) is 2.61. The Morgan fingerprint density at radius 2 is 1.97 bits per heavy atom. The van der Waals surface area contributed by atoms with Crippen molar-refractivity contribution in [1.82, 2.24) is 10.6 Å².